The van der Waals surface area contributed by atoms with Crippen molar-refractivity contribution >= 4 is 22.8 Å². The summed E-state index contributed by atoms with van der Waals surface area (Å²) in [4.78, 5) is 52.0. The Hall–Kier alpha value is -5.19. The quantitative estimate of drug-likeness (QED) is 0.325. The molecule has 9 nitrogen and oxygen atoms in total. The van der Waals surface area contributed by atoms with Gasteiger partial charge >= 0.3 is 0 Å². The van der Waals surface area contributed by atoms with Crippen molar-refractivity contribution in [2.75, 3.05) is 14.1 Å². The molecule has 2 amide bonds. The zero-order valence-corrected chi connectivity index (χ0v) is 21.6. The van der Waals surface area contributed by atoms with Crippen LogP contribution < -0.4 is 10.9 Å². The summed E-state index contributed by atoms with van der Waals surface area (Å²) < 4.78 is 28.1. The van der Waals surface area contributed by atoms with Crippen molar-refractivity contribution in [2.24, 2.45) is 0 Å². The molecule has 0 spiro atoms. The van der Waals surface area contributed by atoms with Crippen molar-refractivity contribution in [1.29, 1.82) is 0 Å². The van der Waals surface area contributed by atoms with E-state index in [-0.39, 0.29) is 30.3 Å². The molecule has 0 unspecified atom stereocenters. The van der Waals surface area contributed by atoms with E-state index in [1.807, 2.05) is 12.1 Å². The second-order valence-corrected chi connectivity index (χ2v) is 9.32. The molecule has 0 radical (unpaired) electrons. The van der Waals surface area contributed by atoms with Gasteiger partial charge in [-0.1, -0.05) is 6.07 Å². The number of carbonyl (C=O) groups excluding carboxylic acids is 2. The minimum absolute atomic E-state index is 0.0454. The van der Waals surface area contributed by atoms with Crippen LogP contribution in [-0.2, 0) is 13.1 Å². The van der Waals surface area contributed by atoms with Gasteiger partial charge < -0.3 is 19.8 Å². The summed E-state index contributed by atoms with van der Waals surface area (Å²) in [6.45, 7) is -0.102. The molecular formula is C29H24F2N6O3. The van der Waals surface area contributed by atoms with E-state index in [1.165, 1.54) is 33.9 Å². The number of fused-ring (bicyclic) bond motifs is 1. The SMILES string of the molecule is CN(C)C(=O)c1cc(-c2c[nH]c3ncccc23)cc(CNC(=O)c2cccn(Cc3ccc(F)c(F)c3)c2=O)n1. The highest BCUT2D eigenvalue weighted by Gasteiger charge is 2.17. The topological polar surface area (TPSA) is 113 Å². The van der Waals surface area contributed by atoms with Crippen molar-refractivity contribution in [3.63, 3.8) is 0 Å². The number of hydrogen-bond donors (Lipinski definition) is 2. The molecule has 0 aliphatic heterocycles. The summed E-state index contributed by atoms with van der Waals surface area (Å²) in [5.41, 5.74) is 2.45. The van der Waals surface area contributed by atoms with E-state index >= 15 is 0 Å². The first kappa shape index (κ1) is 26.4. The number of H-pyrrole nitrogens is 1. The first-order valence-electron chi connectivity index (χ1n) is 12.3. The number of halogens is 2. The zero-order chi connectivity index (χ0) is 28.4. The van der Waals surface area contributed by atoms with Crippen LogP contribution in [0.3, 0.4) is 0 Å². The highest BCUT2D eigenvalue weighted by molar-refractivity contribution is 5.97. The summed E-state index contributed by atoms with van der Waals surface area (Å²) in [5.74, 6) is -2.96. The number of hydrogen-bond acceptors (Lipinski definition) is 5. The summed E-state index contributed by atoms with van der Waals surface area (Å²) in [6, 6.07) is 13.4. The predicted octanol–water partition coefficient (Wildman–Crippen LogP) is 3.74. The Balaban J connectivity index is 1.41. The van der Waals surface area contributed by atoms with Crippen LogP contribution >= 0.6 is 0 Å². The fraction of sp³-hybridized carbons (Fsp3) is 0.138. The summed E-state index contributed by atoms with van der Waals surface area (Å²) in [7, 11) is 3.24. The van der Waals surface area contributed by atoms with Crippen molar-refractivity contribution in [1.82, 2.24) is 29.7 Å². The number of aromatic amines is 1. The molecule has 0 saturated carbocycles. The van der Waals surface area contributed by atoms with Gasteiger partial charge in [-0.2, -0.15) is 0 Å². The van der Waals surface area contributed by atoms with Crippen LogP contribution in [0, 0.1) is 11.6 Å². The molecule has 11 heteroatoms. The Morgan fingerprint density at radius 1 is 1.05 bits per heavy atom. The van der Waals surface area contributed by atoms with Gasteiger partial charge in [-0.3, -0.25) is 14.4 Å². The number of aromatic nitrogens is 4. The molecule has 202 valence electrons. The minimum atomic E-state index is -1.02. The number of rotatable bonds is 7. The first-order valence-corrected chi connectivity index (χ1v) is 12.3. The highest BCUT2D eigenvalue weighted by atomic mass is 19.2. The second-order valence-electron chi connectivity index (χ2n) is 9.32. The number of carbonyl (C=O) groups is 2. The smallest absolute Gasteiger partial charge is 0.271 e. The standard InChI is InChI=1S/C29H24F2N6O3/c1-36(2)29(40)25-13-18(22-15-33-26-20(22)5-3-9-32-26)12-19(35-25)14-34-27(38)21-6-4-10-37(28(21)39)16-17-7-8-23(30)24(31)11-17/h3-13,15H,14,16H2,1-2H3,(H,32,33)(H,34,38). The molecule has 0 bridgehead atoms. The number of pyridine rings is 3. The Morgan fingerprint density at radius 3 is 2.65 bits per heavy atom. The lowest BCUT2D eigenvalue weighted by molar-refractivity contribution is 0.0821. The normalized spacial score (nSPS) is 11.0. The van der Waals surface area contributed by atoms with Gasteiger partial charge in [0, 0.05) is 43.6 Å². The molecule has 1 aromatic carbocycles. The van der Waals surface area contributed by atoms with Gasteiger partial charge in [0.25, 0.3) is 17.4 Å². The van der Waals surface area contributed by atoms with E-state index in [2.05, 4.69) is 20.3 Å². The fourth-order valence-corrected chi connectivity index (χ4v) is 4.30. The minimum Gasteiger partial charge on any atom is -0.346 e. The number of amides is 2. The molecule has 40 heavy (non-hydrogen) atoms. The highest BCUT2D eigenvalue weighted by Crippen LogP contribution is 2.28. The van der Waals surface area contributed by atoms with Crippen LogP contribution in [0.4, 0.5) is 8.78 Å². The van der Waals surface area contributed by atoms with Crippen LogP contribution in [0.5, 0.6) is 0 Å². The second kappa shape index (κ2) is 10.9. The summed E-state index contributed by atoms with van der Waals surface area (Å²) >= 11 is 0. The Morgan fingerprint density at radius 2 is 1.88 bits per heavy atom. The average Bonchev–Trinajstić information content (AvgIpc) is 3.38. The molecule has 5 aromatic rings. The van der Waals surface area contributed by atoms with Crippen molar-refractivity contribution in [2.45, 2.75) is 13.1 Å². The first-order chi connectivity index (χ1) is 19.2. The molecule has 0 fully saturated rings. The molecule has 0 aliphatic rings. The average molecular weight is 543 g/mol. The molecule has 5 rings (SSSR count). The number of nitrogens with one attached hydrogen (secondary N) is 2. The summed E-state index contributed by atoms with van der Waals surface area (Å²) in [6.07, 6.45) is 4.92. The maximum absolute atomic E-state index is 13.6. The lowest BCUT2D eigenvalue weighted by atomic mass is 10.0. The number of nitrogens with zero attached hydrogens (tertiary/aromatic N) is 4. The van der Waals surface area contributed by atoms with Gasteiger partial charge in [-0.15, -0.1) is 0 Å². The van der Waals surface area contributed by atoms with Crippen LogP contribution in [-0.4, -0.2) is 50.3 Å². The van der Waals surface area contributed by atoms with Gasteiger partial charge in [0.15, 0.2) is 11.6 Å². The largest absolute Gasteiger partial charge is 0.346 e. The Labute approximate surface area is 227 Å². The third kappa shape index (κ3) is 5.35. The Kier molecular flexibility index (Phi) is 7.19. The van der Waals surface area contributed by atoms with Crippen molar-refractivity contribution < 1.29 is 18.4 Å². The van der Waals surface area contributed by atoms with Crippen molar-refractivity contribution in [3.8, 4) is 11.1 Å². The van der Waals surface area contributed by atoms with Crippen LogP contribution in [0.1, 0.15) is 32.1 Å². The van der Waals surface area contributed by atoms with Crippen molar-refractivity contribution in [3.05, 3.63) is 118 Å². The molecule has 2 N–H and O–H groups in total. The summed E-state index contributed by atoms with van der Waals surface area (Å²) in [5, 5.41) is 3.56. The molecule has 0 atom stereocenters. The molecular weight excluding hydrogens is 518 g/mol. The predicted molar refractivity (Wildman–Crippen MR) is 145 cm³/mol. The molecule has 0 saturated heterocycles. The van der Waals surface area contributed by atoms with Crippen LogP contribution in [0.2, 0.25) is 0 Å². The van der Waals surface area contributed by atoms with Gasteiger partial charge in [0.2, 0.25) is 0 Å². The third-order valence-electron chi connectivity index (χ3n) is 6.30. The molecule has 4 heterocycles. The van der Waals surface area contributed by atoms with E-state index in [0.29, 0.717) is 22.5 Å². The lowest BCUT2D eigenvalue weighted by Crippen LogP contribution is -2.33. The fourth-order valence-electron chi connectivity index (χ4n) is 4.30. The van der Waals surface area contributed by atoms with Gasteiger partial charge in [0.05, 0.1) is 18.8 Å². The van der Waals surface area contributed by atoms with Crippen LogP contribution in [0.15, 0.2) is 78.0 Å². The van der Waals surface area contributed by atoms with Gasteiger partial charge in [0.1, 0.15) is 16.9 Å². The zero-order valence-electron chi connectivity index (χ0n) is 21.6. The van der Waals surface area contributed by atoms with Gasteiger partial charge in [-0.05, 0) is 59.7 Å². The van der Waals surface area contributed by atoms with E-state index in [0.717, 1.165) is 23.1 Å². The van der Waals surface area contributed by atoms with Crippen LogP contribution in [0.25, 0.3) is 22.2 Å². The van der Waals surface area contributed by atoms with E-state index in [9.17, 15) is 23.2 Å². The monoisotopic (exact) mass is 542 g/mol. The Bertz CT molecular complexity index is 1810. The van der Waals surface area contributed by atoms with E-state index < -0.39 is 23.1 Å². The molecule has 4 aromatic heterocycles. The number of benzene rings is 1. The third-order valence-corrected chi connectivity index (χ3v) is 6.30. The maximum Gasteiger partial charge on any atom is 0.271 e. The van der Waals surface area contributed by atoms with Gasteiger partial charge in [-0.25, -0.2) is 18.7 Å². The molecule has 0 aliphatic carbocycles. The van der Waals surface area contributed by atoms with E-state index in [1.54, 1.807) is 38.6 Å². The lowest BCUT2D eigenvalue weighted by Gasteiger charge is -2.13. The van der Waals surface area contributed by atoms with E-state index in [4.69, 9.17) is 0 Å². The maximum atomic E-state index is 13.6.